The van der Waals surface area contributed by atoms with Crippen molar-refractivity contribution in [1.29, 1.82) is 0 Å². The number of hydrogen-bond acceptors (Lipinski definition) is 2. The van der Waals surface area contributed by atoms with Gasteiger partial charge in [0.15, 0.2) is 0 Å². The predicted octanol–water partition coefficient (Wildman–Crippen LogP) is 3.04. The maximum Gasteiger partial charge on any atom is 0.416 e. The molecule has 2 nitrogen and oxygen atoms in total. The normalized spacial score (nSPS) is 18.4. The molecule has 20 heavy (non-hydrogen) atoms. The number of rotatable bonds is 3. The first-order chi connectivity index (χ1) is 9.02. The molecule has 2 rings (SSSR count). The summed E-state index contributed by atoms with van der Waals surface area (Å²) < 4.78 is 51.2. The molecule has 1 aromatic rings. The zero-order valence-electron chi connectivity index (χ0n) is 10.8. The van der Waals surface area contributed by atoms with Crippen LogP contribution in [-0.4, -0.2) is 37.8 Å². The van der Waals surface area contributed by atoms with E-state index in [1.807, 2.05) is 4.90 Å². The second-order valence-corrected chi connectivity index (χ2v) is 4.58. The molecule has 114 valence electrons. The number of nitrogens with one attached hydrogen (secondary N) is 1. The van der Waals surface area contributed by atoms with E-state index >= 15 is 0 Å². The third-order valence-corrected chi connectivity index (χ3v) is 3.34. The number of hydrogen-bond donors (Lipinski definition) is 1. The standard InChI is InChI=1S/C13H16F4N2.ClH/c14-9-12(19-6-4-18-5-7-19)10-2-1-3-11(8-10)13(15,16)17;/h1-3,8,12,18H,4-7,9H2;1H/t12-;/m1./s1. The average molecular weight is 313 g/mol. The zero-order valence-corrected chi connectivity index (χ0v) is 11.6. The molecule has 1 N–H and O–H groups in total. The van der Waals surface area contributed by atoms with Crippen molar-refractivity contribution in [2.45, 2.75) is 12.2 Å². The maximum absolute atomic E-state index is 13.2. The maximum atomic E-state index is 13.2. The number of alkyl halides is 4. The van der Waals surface area contributed by atoms with Gasteiger partial charge in [-0.15, -0.1) is 12.4 Å². The Kier molecular flexibility index (Phi) is 6.23. The minimum atomic E-state index is -4.39. The van der Waals surface area contributed by atoms with Gasteiger partial charge in [0.05, 0.1) is 11.6 Å². The highest BCUT2D eigenvalue weighted by Crippen LogP contribution is 2.32. The molecular weight excluding hydrogens is 296 g/mol. The van der Waals surface area contributed by atoms with Crippen LogP contribution >= 0.6 is 12.4 Å². The van der Waals surface area contributed by atoms with Crippen molar-refractivity contribution in [3.05, 3.63) is 35.4 Å². The highest BCUT2D eigenvalue weighted by Gasteiger charge is 2.31. The summed E-state index contributed by atoms with van der Waals surface area (Å²) >= 11 is 0. The number of piperazine rings is 1. The molecule has 0 aromatic heterocycles. The second kappa shape index (κ2) is 7.24. The fourth-order valence-electron chi connectivity index (χ4n) is 2.31. The lowest BCUT2D eigenvalue weighted by Gasteiger charge is -2.33. The first-order valence-electron chi connectivity index (χ1n) is 6.20. The molecule has 1 saturated heterocycles. The molecule has 0 aliphatic carbocycles. The van der Waals surface area contributed by atoms with Gasteiger partial charge in [0.2, 0.25) is 0 Å². The van der Waals surface area contributed by atoms with Gasteiger partial charge in [-0.1, -0.05) is 12.1 Å². The number of nitrogens with zero attached hydrogens (tertiary/aromatic N) is 1. The lowest BCUT2D eigenvalue weighted by atomic mass is 10.0. The number of benzene rings is 1. The summed E-state index contributed by atoms with van der Waals surface area (Å²) in [7, 11) is 0. The predicted molar refractivity (Wildman–Crippen MR) is 71.9 cm³/mol. The summed E-state index contributed by atoms with van der Waals surface area (Å²) in [5.41, 5.74) is -0.335. The van der Waals surface area contributed by atoms with Gasteiger partial charge in [-0.05, 0) is 17.7 Å². The Morgan fingerprint density at radius 2 is 1.85 bits per heavy atom. The Bertz CT molecular complexity index is 419. The van der Waals surface area contributed by atoms with Crippen LogP contribution < -0.4 is 5.32 Å². The average Bonchev–Trinajstić information content (AvgIpc) is 2.40. The Labute approximate surface area is 121 Å². The SMILES string of the molecule is Cl.FC[C@H](c1cccc(C(F)(F)F)c1)N1CCNCC1. The third kappa shape index (κ3) is 4.07. The Hall–Kier alpha value is -0.850. The molecule has 1 atom stereocenters. The fraction of sp³-hybridized carbons (Fsp3) is 0.538. The van der Waals surface area contributed by atoms with Crippen molar-refractivity contribution in [1.82, 2.24) is 10.2 Å². The van der Waals surface area contributed by atoms with E-state index in [1.165, 1.54) is 6.07 Å². The van der Waals surface area contributed by atoms with E-state index in [0.29, 0.717) is 18.7 Å². The molecule has 0 radical (unpaired) electrons. The van der Waals surface area contributed by atoms with Crippen molar-refractivity contribution in [2.75, 3.05) is 32.9 Å². The van der Waals surface area contributed by atoms with Crippen LogP contribution in [0.25, 0.3) is 0 Å². The molecule has 0 saturated carbocycles. The molecule has 0 spiro atoms. The van der Waals surface area contributed by atoms with Crippen LogP contribution in [0.3, 0.4) is 0 Å². The van der Waals surface area contributed by atoms with Crippen LogP contribution in [-0.2, 0) is 6.18 Å². The van der Waals surface area contributed by atoms with E-state index in [9.17, 15) is 17.6 Å². The lowest BCUT2D eigenvalue weighted by molar-refractivity contribution is -0.137. The van der Waals surface area contributed by atoms with Crippen molar-refractivity contribution in [2.24, 2.45) is 0 Å². The van der Waals surface area contributed by atoms with Crippen molar-refractivity contribution in [3.63, 3.8) is 0 Å². The van der Waals surface area contributed by atoms with E-state index in [-0.39, 0.29) is 12.4 Å². The van der Waals surface area contributed by atoms with Gasteiger partial charge in [0, 0.05) is 26.2 Å². The van der Waals surface area contributed by atoms with E-state index in [1.54, 1.807) is 6.07 Å². The van der Waals surface area contributed by atoms with E-state index < -0.39 is 24.5 Å². The molecule has 1 heterocycles. The molecule has 0 bridgehead atoms. The van der Waals surface area contributed by atoms with E-state index in [0.717, 1.165) is 25.2 Å². The highest BCUT2D eigenvalue weighted by atomic mass is 35.5. The summed E-state index contributed by atoms with van der Waals surface area (Å²) in [6.07, 6.45) is -4.39. The summed E-state index contributed by atoms with van der Waals surface area (Å²) in [6, 6.07) is 4.36. The summed E-state index contributed by atoms with van der Waals surface area (Å²) in [4.78, 5) is 1.88. The van der Waals surface area contributed by atoms with Crippen LogP contribution in [0.15, 0.2) is 24.3 Å². The van der Waals surface area contributed by atoms with Gasteiger partial charge in [-0.25, -0.2) is 4.39 Å². The van der Waals surface area contributed by atoms with Crippen LogP contribution in [0.4, 0.5) is 17.6 Å². The summed E-state index contributed by atoms with van der Waals surface area (Å²) in [5, 5.41) is 3.14. The van der Waals surface area contributed by atoms with Crippen LogP contribution in [0.2, 0.25) is 0 Å². The Morgan fingerprint density at radius 3 is 2.40 bits per heavy atom. The first kappa shape index (κ1) is 17.2. The lowest BCUT2D eigenvalue weighted by Crippen LogP contribution is -2.45. The zero-order chi connectivity index (χ0) is 13.9. The van der Waals surface area contributed by atoms with Crippen molar-refractivity contribution in [3.8, 4) is 0 Å². The van der Waals surface area contributed by atoms with Crippen LogP contribution in [0.1, 0.15) is 17.2 Å². The summed E-state index contributed by atoms with van der Waals surface area (Å²) in [5.74, 6) is 0. The van der Waals surface area contributed by atoms with Gasteiger partial charge < -0.3 is 5.32 Å². The second-order valence-electron chi connectivity index (χ2n) is 4.58. The van der Waals surface area contributed by atoms with Gasteiger partial charge in [0.25, 0.3) is 0 Å². The van der Waals surface area contributed by atoms with Crippen LogP contribution in [0, 0.1) is 0 Å². The third-order valence-electron chi connectivity index (χ3n) is 3.34. The van der Waals surface area contributed by atoms with Gasteiger partial charge in [-0.3, -0.25) is 4.90 Å². The topological polar surface area (TPSA) is 15.3 Å². The first-order valence-corrected chi connectivity index (χ1v) is 6.20. The molecule has 1 fully saturated rings. The van der Waals surface area contributed by atoms with Crippen molar-refractivity contribution < 1.29 is 17.6 Å². The van der Waals surface area contributed by atoms with E-state index in [2.05, 4.69) is 5.32 Å². The smallest absolute Gasteiger partial charge is 0.314 e. The monoisotopic (exact) mass is 312 g/mol. The molecule has 7 heteroatoms. The van der Waals surface area contributed by atoms with Gasteiger partial charge >= 0.3 is 6.18 Å². The molecule has 1 aliphatic rings. The van der Waals surface area contributed by atoms with Gasteiger partial charge in [-0.2, -0.15) is 13.2 Å². The largest absolute Gasteiger partial charge is 0.416 e. The molecule has 1 aromatic carbocycles. The minimum Gasteiger partial charge on any atom is -0.314 e. The molecular formula is C13H17ClF4N2. The summed E-state index contributed by atoms with van der Waals surface area (Å²) in [6.45, 7) is 2.07. The Balaban J connectivity index is 0.00000200. The van der Waals surface area contributed by atoms with Gasteiger partial charge in [0.1, 0.15) is 6.67 Å². The molecule has 1 aliphatic heterocycles. The Morgan fingerprint density at radius 1 is 1.20 bits per heavy atom. The van der Waals surface area contributed by atoms with Crippen molar-refractivity contribution >= 4 is 12.4 Å². The molecule has 0 unspecified atom stereocenters. The minimum absolute atomic E-state index is 0. The van der Waals surface area contributed by atoms with E-state index in [4.69, 9.17) is 0 Å². The molecule has 0 amide bonds. The fourth-order valence-corrected chi connectivity index (χ4v) is 2.31. The number of halogens is 5. The van der Waals surface area contributed by atoms with Crippen LogP contribution in [0.5, 0.6) is 0 Å². The quantitative estimate of drug-likeness (QED) is 0.863. The highest BCUT2D eigenvalue weighted by molar-refractivity contribution is 5.85.